The van der Waals surface area contributed by atoms with Crippen LogP contribution in [0.5, 0.6) is 0 Å². The number of nitrogens with one attached hydrogen (secondary N) is 2. The quantitative estimate of drug-likeness (QED) is 0.147. The van der Waals surface area contributed by atoms with E-state index in [0.29, 0.717) is 17.1 Å². The zero-order chi connectivity index (χ0) is 39.6. The Kier molecular flexibility index (Phi) is 10.6. The molecule has 10 rings (SSSR count). The Balaban J connectivity index is 0.000000150. The number of Topliss-reactive ketones (excluding diaryl/α,β-unsaturated/α-hetero) is 1. The van der Waals surface area contributed by atoms with Crippen LogP contribution >= 0.6 is 0 Å². The summed E-state index contributed by atoms with van der Waals surface area (Å²) in [7, 11) is 0. The van der Waals surface area contributed by atoms with E-state index >= 15 is 0 Å². The van der Waals surface area contributed by atoms with Gasteiger partial charge < -0.3 is 15.7 Å². The minimum absolute atomic E-state index is 0.0479. The van der Waals surface area contributed by atoms with Crippen molar-refractivity contribution in [2.75, 3.05) is 0 Å². The van der Waals surface area contributed by atoms with Crippen molar-refractivity contribution in [3.05, 3.63) is 166 Å². The lowest BCUT2D eigenvalue weighted by Gasteiger charge is -2.28. The number of fused-ring (bicyclic) bond motifs is 4. The van der Waals surface area contributed by atoms with Gasteiger partial charge in [0.2, 0.25) is 0 Å². The van der Waals surface area contributed by atoms with Gasteiger partial charge in [-0.3, -0.25) is 14.4 Å². The molecule has 6 heteroatoms. The van der Waals surface area contributed by atoms with E-state index in [1.807, 2.05) is 54.6 Å². The lowest BCUT2D eigenvalue weighted by Crippen LogP contribution is -2.23. The molecule has 1 unspecified atom stereocenters. The fraction of sp³-hybridized carbons (Fsp3) is 0.250. The van der Waals surface area contributed by atoms with Crippen molar-refractivity contribution in [1.29, 1.82) is 0 Å². The van der Waals surface area contributed by atoms with Gasteiger partial charge in [-0.2, -0.15) is 0 Å². The number of aromatic nitrogens is 2. The first kappa shape index (κ1) is 37.5. The first-order chi connectivity index (χ1) is 28.4. The summed E-state index contributed by atoms with van der Waals surface area (Å²) in [6, 6.07) is 41.4. The van der Waals surface area contributed by atoms with Gasteiger partial charge in [0.25, 0.3) is 11.1 Å². The van der Waals surface area contributed by atoms with Crippen molar-refractivity contribution in [3.8, 4) is 22.3 Å². The van der Waals surface area contributed by atoms with E-state index in [1.54, 1.807) is 12.4 Å². The van der Waals surface area contributed by atoms with Crippen molar-refractivity contribution in [2.24, 2.45) is 17.6 Å². The molecule has 290 valence electrons. The number of hydrogen-bond acceptors (Lipinski definition) is 4. The molecule has 8 aromatic rings. The summed E-state index contributed by atoms with van der Waals surface area (Å²) < 4.78 is 0. The number of nitrogens with two attached hydrogens (primary N) is 1. The van der Waals surface area contributed by atoms with Crippen molar-refractivity contribution in [2.45, 2.75) is 70.3 Å². The molecule has 0 aliphatic heterocycles. The van der Waals surface area contributed by atoms with Crippen LogP contribution in [0.15, 0.2) is 143 Å². The number of benzene rings is 6. The van der Waals surface area contributed by atoms with Gasteiger partial charge in [0, 0.05) is 40.7 Å². The molecule has 2 aliphatic carbocycles. The largest absolute Gasteiger partial charge is 0.329 e. The SMILES string of the molecule is NC(c1ccc2c(-c3ccc4c(=O)[nH]ccc4c3)cccc2c1)C1CCCCC1.O=C(c1ccc2c(-c3ccc4c(=O)[nH]ccc4c3)cccc2c1)C1CCCCC1. The predicted molar refractivity (Wildman–Crippen MR) is 239 cm³/mol. The van der Waals surface area contributed by atoms with E-state index in [0.717, 1.165) is 62.0 Å². The molecule has 2 aliphatic rings. The number of carbonyl (C=O) groups is 1. The molecule has 2 saturated carbocycles. The molecule has 0 bridgehead atoms. The second-order valence-corrected chi connectivity index (χ2v) is 16.4. The van der Waals surface area contributed by atoms with E-state index in [4.69, 9.17) is 5.73 Å². The molecular formula is C52H49N3O3. The van der Waals surface area contributed by atoms with E-state index in [-0.39, 0.29) is 23.1 Å². The first-order valence-corrected chi connectivity index (χ1v) is 21.0. The highest BCUT2D eigenvalue weighted by Gasteiger charge is 2.24. The zero-order valence-electron chi connectivity index (χ0n) is 32.8. The maximum absolute atomic E-state index is 12.9. The maximum Gasteiger partial charge on any atom is 0.255 e. The first-order valence-electron chi connectivity index (χ1n) is 21.0. The number of hydrogen-bond donors (Lipinski definition) is 3. The van der Waals surface area contributed by atoms with E-state index in [2.05, 4.69) is 76.7 Å². The van der Waals surface area contributed by atoms with Gasteiger partial charge >= 0.3 is 0 Å². The molecule has 4 N–H and O–H groups in total. The van der Waals surface area contributed by atoms with Crippen LogP contribution in [-0.2, 0) is 0 Å². The Morgan fingerprint density at radius 2 is 1.02 bits per heavy atom. The highest BCUT2D eigenvalue weighted by molar-refractivity contribution is 6.05. The fourth-order valence-electron chi connectivity index (χ4n) is 9.54. The number of aromatic amines is 2. The lowest BCUT2D eigenvalue weighted by molar-refractivity contribution is 0.0889. The Hall–Kier alpha value is -6.11. The van der Waals surface area contributed by atoms with E-state index in [9.17, 15) is 14.4 Å². The molecule has 6 aromatic carbocycles. The molecule has 58 heavy (non-hydrogen) atoms. The van der Waals surface area contributed by atoms with Crippen LogP contribution in [0.3, 0.4) is 0 Å². The van der Waals surface area contributed by atoms with Crippen molar-refractivity contribution < 1.29 is 4.79 Å². The molecule has 1 atom stereocenters. The predicted octanol–water partition coefficient (Wildman–Crippen LogP) is 12.0. The van der Waals surface area contributed by atoms with E-state index in [1.165, 1.54) is 73.3 Å². The van der Waals surface area contributed by atoms with Crippen LogP contribution in [-0.4, -0.2) is 15.8 Å². The van der Waals surface area contributed by atoms with Crippen LogP contribution in [0.2, 0.25) is 0 Å². The van der Waals surface area contributed by atoms with Gasteiger partial charge in [-0.25, -0.2) is 0 Å². The topological polar surface area (TPSA) is 109 Å². The standard InChI is InChI=1S/C26H26N2O.C26H23NO2/c27-25(17-5-2-1-3-6-17)21-10-11-23-18(16-21)7-4-8-22(23)19-9-12-24-20(15-19)13-14-28-26(24)29;28-25(17-5-2-1-3-6-17)21-10-11-23-18(16-21)7-4-8-22(23)19-9-12-24-20(15-19)13-14-27-26(24)29/h4,7-17,25H,1-3,5-6,27H2,(H,28,29);4,7-17H,1-3,5-6H2,(H,27,29). The number of pyridine rings is 2. The number of H-pyrrole nitrogens is 2. The zero-order valence-corrected chi connectivity index (χ0v) is 32.8. The average Bonchev–Trinajstić information content (AvgIpc) is 3.28. The van der Waals surface area contributed by atoms with Crippen LogP contribution in [0.4, 0.5) is 0 Å². The molecule has 2 heterocycles. The van der Waals surface area contributed by atoms with Crippen LogP contribution in [0.1, 0.15) is 86.2 Å². The molecule has 2 aromatic heterocycles. The van der Waals surface area contributed by atoms with Gasteiger partial charge in [0.05, 0.1) is 0 Å². The highest BCUT2D eigenvalue weighted by Crippen LogP contribution is 2.37. The summed E-state index contributed by atoms with van der Waals surface area (Å²) in [4.78, 5) is 42.4. The molecule has 0 radical (unpaired) electrons. The highest BCUT2D eigenvalue weighted by atomic mass is 16.1. The van der Waals surface area contributed by atoms with Gasteiger partial charge in [-0.05, 0) is 140 Å². The monoisotopic (exact) mass is 763 g/mol. The smallest absolute Gasteiger partial charge is 0.255 e. The summed E-state index contributed by atoms with van der Waals surface area (Å²) in [6.45, 7) is 0. The third kappa shape index (κ3) is 7.52. The molecule has 0 saturated heterocycles. The lowest BCUT2D eigenvalue weighted by atomic mass is 9.81. The third-order valence-corrected chi connectivity index (χ3v) is 12.8. The van der Waals surface area contributed by atoms with Gasteiger partial charge in [-0.1, -0.05) is 111 Å². The summed E-state index contributed by atoms with van der Waals surface area (Å²) in [5, 5.41) is 7.93. The second-order valence-electron chi connectivity index (χ2n) is 16.4. The maximum atomic E-state index is 12.9. The number of rotatable bonds is 6. The van der Waals surface area contributed by atoms with Crippen molar-refractivity contribution >= 4 is 48.9 Å². The average molecular weight is 764 g/mol. The Bertz CT molecular complexity index is 2910. The molecule has 0 spiro atoms. The van der Waals surface area contributed by atoms with E-state index < -0.39 is 0 Å². The van der Waals surface area contributed by atoms with Gasteiger partial charge in [-0.15, -0.1) is 0 Å². The Morgan fingerprint density at radius 3 is 1.60 bits per heavy atom. The van der Waals surface area contributed by atoms with Gasteiger partial charge in [0.15, 0.2) is 5.78 Å². The number of carbonyl (C=O) groups excluding carboxylic acids is 1. The minimum atomic E-state index is -0.0714. The second kappa shape index (κ2) is 16.4. The molecular weight excluding hydrogens is 715 g/mol. The Morgan fingerprint density at radius 1 is 0.517 bits per heavy atom. The van der Waals surface area contributed by atoms with Crippen LogP contribution in [0.25, 0.3) is 65.3 Å². The Labute approximate surface area is 338 Å². The fourth-order valence-corrected chi connectivity index (χ4v) is 9.54. The molecule has 6 nitrogen and oxygen atoms in total. The minimum Gasteiger partial charge on any atom is -0.329 e. The number of ketones is 1. The molecule has 0 amide bonds. The van der Waals surface area contributed by atoms with Gasteiger partial charge in [0.1, 0.15) is 0 Å². The normalized spacial score (nSPS) is 15.7. The van der Waals surface area contributed by atoms with Crippen molar-refractivity contribution in [3.63, 3.8) is 0 Å². The molecule has 2 fully saturated rings. The summed E-state index contributed by atoms with van der Waals surface area (Å²) in [5.74, 6) is 1.08. The summed E-state index contributed by atoms with van der Waals surface area (Å²) in [5.41, 5.74) is 13.1. The summed E-state index contributed by atoms with van der Waals surface area (Å²) in [6.07, 6.45) is 15.5. The van der Waals surface area contributed by atoms with Crippen molar-refractivity contribution in [1.82, 2.24) is 9.97 Å². The third-order valence-electron chi connectivity index (χ3n) is 12.8. The van der Waals surface area contributed by atoms with Crippen LogP contribution < -0.4 is 16.9 Å². The summed E-state index contributed by atoms with van der Waals surface area (Å²) >= 11 is 0. The van der Waals surface area contributed by atoms with Crippen LogP contribution in [0, 0.1) is 11.8 Å².